The number of imide groups is 1. The fraction of sp³-hybridized carbons (Fsp3) is 0.176. The van der Waals surface area contributed by atoms with Gasteiger partial charge in [0.1, 0.15) is 12.3 Å². The van der Waals surface area contributed by atoms with Crippen LogP contribution in [0.3, 0.4) is 0 Å². The Balaban J connectivity index is 1.33. The molecule has 4 aromatic rings. The number of carbonyl (C=O) groups is 4. The Morgan fingerprint density at radius 1 is 0.721 bits per heavy atom. The summed E-state index contributed by atoms with van der Waals surface area (Å²) in [4.78, 5) is 56.5. The number of halogens is 2. The Bertz CT molecular complexity index is 1740. The minimum atomic E-state index is -0.725. The third-order valence-corrected chi connectivity index (χ3v) is 9.49. The van der Waals surface area contributed by atoms with Crippen LogP contribution in [-0.4, -0.2) is 47.2 Å². The van der Waals surface area contributed by atoms with Gasteiger partial charge in [-0.1, -0.05) is 83.9 Å². The summed E-state index contributed by atoms with van der Waals surface area (Å²) in [7, 11) is 1.48. The number of ketones is 1. The maximum absolute atomic E-state index is 14.4. The van der Waals surface area contributed by atoms with Crippen LogP contribution in [0.1, 0.15) is 54.8 Å². The Morgan fingerprint density at radius 2 is 1.28 bits per heavy atom. The van der Waals surface area contributed by atoms with Crippen molar-refractivity contribution in [2.45, 2.75) is 11.8 Å². The molecule has 43 heavy (non-hydrogen) atoms. The largest absolute Gasteiger partial charge is 0.497 e. The van der Waals surface area contributed by atoms with E-state index in [1.54, 1.807) is 24.3 Å². The van der Waals surface area contributed by atoms with E-state index in [1.807, 2.05) is 48.5 Å². The molecule has 4 aliphatic rings. The van der Waals surface area contributed by atoms with E-state index in [2.05, 4.69) is 0 Å². The first-order chi connectivity index (χ1) is 20.8. The predicted octanol–water partition coefficient (Wildman–Crippen LogP) is 6.13. The van der Waals surface area contributed by atoms with Crippen LogP contribution in [0.5, 0.6) is 5.75 Å². The highest BCUT2D eigenvalue weighted by Crippen LogP contribution is 2.61. The molecule has 0 unspecified atom stereocenters. The first kappa shape index (κ1) is 27.4. The number of carbonyl (C=O) groups excluding carboxylic acids is 4. The van der Waals surface area contributed by atoms with Crippen LogP contribution in [0.4, 0.5) is 0 Å². The van der Waals surface area contributed by atoms with Gasteiger partial charge in [-0.05, 0) is 52.6 Å². The molecular weight excluding hydrogens is 587 g/mol. The molecule has 1 fully saturated rings. The van der Waals surface area contributed by atoms with E-state index >= 15 is 0 Å². The average Bonchev–Trinajstić information content (AvgIpc) is 3.30. The van der Waals surface area contributed by atoms with E-state index in [-0.39, 0.29) is 33.0 Å². The van der Waals surface area contributed by atoms with Crippen LogP contribution in [0.15, 0.2) is 91.0 Å². The van der Waals surface area contributed by atoms with Gasteiger partial charge in [-0.2, -0.15) is 5.01 Å². The number of hydrogen-bond acceptors (Lipinski definition) is 5. The minimum absolute atomic E-state index is 0.0814. The highest BCUT2D eigenvalue weighted by atomic mass is 35.5. The zero-order valence-electron chi connectivity index (χ0n) is 22.9. The highest BCUT2D eigenvalue weighted by Gasteiger charge is 2.63. The summed E-state index contributed by atoms with van der Waals surface area (Å²) in [5.74, 6) is -3.94. The van der Waals surface area contributed by atoms with E-state index in [0.29, 0.717) is 5.75 Å². The van der Waals surface area contributed by atoms with Crippen molar-refractivity contribution in [1.82, 2.24) is 10.0 Å². The fourth-order valence-corrected chi connectivity index (χ4v) is 7.23. The van der Waals surface area contributed by atoms with Gasteiger partial charge in [0.25, 0.3) is 17.7 Å². The minimum Gasteiger partial charge on any atom is -0.497 e. The Labute approximate surface area is 257 Å². The van der Waals surface area contributed by atoms with Crippen molar-refractivity contribution in [2.24, 2.45) is 11.8 Å². The van der Waals surface area contributed by atoms with Gasteiger partial charge in [0, 0.05) is 23.0 Å². The van der Waals surface area contributed by atoms with E-state index in [0.717, 1.165) is 32.3 Å². The molecule has 1 heterocycles. The predicted molar refractivity (Wildman–Crippen MR) is 160 cm³/mol. The Hall–Kier alpha value is -4.46. The SMILES string of the molecule is COc1cccc(C(=O)CN(C(=O)c2ccc(Cl)c(Cl)c2)N2C(=O)[C@H]3C4c5ccccc5C(c5ccccc54)[C@@H]3C2=O)c1. The van der Waals surface area contributed by atoms with Crippen LogP contribution in [0.25, 0.3) is 0 Å². The number of methoxy groups -OCH3 is 1. The molecule has 7 nitrogen and oxygen atoms in total. The monoisotopic (exact) mass is 610 g/mol. The second kappa shape index (κ2) is 10.4. The van der Waals surface area contributed by atoms with Crippen molar-refractivity contribution in [2.75, 3.05) is 13.7 Å². The quantitative estimate of drug-likeness (QED) is 0.194. The first-order valence-electron chi connectivity index (χ1n) is 13.8. The molecule has 0 N–H and O–H groups in total. The van der Waals surface area contributed by atoms with Crippen molar-refractivity contribution in [3.05, 3.63) is 134 Å². The maximum atomic E-state index is 14.4. The van der Waals surface area contributed by atoms with Gasteiger partial charge in [0.15, 0.2) is 5.78 Å². The Kier molecular flexibility index (Phi) is 6.60. The highest BCUT2D eigenvalue weighted by molar-refractivity contribution is 6.42. The van der Waals surface area contributed by atoms with Gasteiger partial charge in [-0.15, -0.1) is 0 Å². The third kappa shape index (κ3) is 4.18. The van der Waals surface area contributed by atoms with Gasteiger partial charge in [0.2, 0.25) is 0 Å². The molecule has 2 bridgehead atoms. The van der Waals surface area contributed by atoms with Gasteiger partial charge in [-0.25, -0.2) is 5.01 Å². The lowest BCUT2D eigenvalue weighted by Crippen LogP contribution is -2.52. The molecule has 2 atom stereocenters. The number of rotatable bonds is 6. The molecule has 9 heteroatoms. The summed E-state index contributed by atoms with van der Waals surface area (Å²) in [6.45, 7) is -0.557. The van der Waals surface area contributed by atoms with E-state index in [1.165, 1.54) is 25.3 Å². The number of hydrazine groups is 1. The standard InChI is InChI=1S/C34H24Cl2N2O5/c1-43-20-8-6-7-18(15-20)27(39)17-37(32(40)19-13-14-25(35)26(36)16-19)38-33(41)30-28-21-9-2-3-10-22(21)29(31(30)34(38)42)24-12-5-4-11-23(24)28/h2-16,28-31H,17H2,1H3/t28?,29?,30-,31-/m0/s1. The number of amides is 3. The maximum Gasteiger partial charge on any atom is 0.273 e. The fourth-order valence-electron chi connectivity index (χ4n) is 6.93. The zero-order valence-corrected chi connectivity index (χ0v) is 24.4. The van der Waals surface area contributed by atoms with Crippen LogP contribution in [0, 0.1) is 11.8 Å². The van der Waals surface area contributed by atoms with Crippen LogP contribution >= 0.6 is 23.2 Å². The van der Waals surface area contributed by atoms with Gasteiger partial charge >= 0.3 is 0 Å². The van der Waals surface area contributed by atoms with Gasteiger partial charge < -0.3 is 4.74 Å². The van der Waals surface area contributed by atoms with Gasteiger partial charge in [-0.3, -0.25) is 19.2 Å². The molecule has 0 spiro atoms. The summed E-state index contributed by atoms with van der Waals surface area (Å²) >= 11 is 12.3. The van der Waals surface area contributed by atoms with Crippen LogP contribution in [0.2, 0.25) is 10.0 Å². The third-order valence-electron chi connectivity index (χ3n) is 8.75. The first-order valence-corrected chi connectivity index (χ1v) is 14.5. The molecule has 0 aromatic heterocycles. The Morgan fingerprint density at radius 3 is 1.79 bits per heavy atom. The van der Waals surface area contributed by atoms with Crippen molar-refractivity contribution in [3.63, 3.8) is 0 Å². The number of hydrogen-bond donors (Lipinski definition) is 0. The van der Waals surface area contributed by atoms with Crippen molar-refractivity contribution < 1.29 is 23.9 Å². The normalized spacial score (nSPS) is 21.2. The molecule has 3 amide bonds. The van der Waals surface area contributed by atoms with Crippen molar-refractivity contribution >= 4 is 46.7 Å². The van der Waals surface area contributed by atoms with Crippen molar-refractivity contribution in [1.29, 1.82) is 0 Å². The summed E-state index contributed by atoms with van der Waals surface area (Å²) in [6.07, 6.45) is 0. The summed E-state index contributed by atoms with van der Waals surface area (Å²) in [5.41, 5.74) is 4.37. The van der Waals surface area contributed by atoms with E-state index < -0.39 is 41.9 Å². The van der Waals surface area contributed by atoms with Crippen LogP contribution in [-0.2, 0) is 9.59 Å². The summed E-state index contributed by atoms with van der Waals surface area (Å²) < 4.78 is 5.26. The lowest BCUT2D eigenvalue weighted by molar-refractivity contribution is -0.154. The number of Topliss-reactive ketones (excluding diaryl/α,β-unsaturated/α-hetero) is 1. The molecule has 0 radical (unpaired) electrons. The number of ether oxygens (including phenoxy) is 1. The summed E-state index contributed by atoms with van der Waals surface area (Å²) in [5, 5.41) is 2.22. The average molecular weight is 611 g/mol. The van der Waals surface area contributed by atoms with E-state index in [9.17, 15) is 19.2 Å². The molecule has 4 aromatic carbocycles. The molecule has 1 aliphatic heterocycles. The number of nitrogens with zero attached hydrogens (tertiary/aromatic N) is 2. The molecule has 0 saturated carbocycles. The molecule has 8 rings (SSSR count). The molecule has 214 valence electrons. The zero-order chi connectivity index (χ0) is 30.0. The van der Waals surface area contributed by atoms with Gasteiger partial charge in [0.05, 0.1) is 29.0 Å². The van der Waals surface area contributed by atoms with E-state index in [4.69, 9.17) is 27.9 Å². The van der Waals surface area contributed by atoms with Crippen molar-refractivity contribution in [3.8, 4) is 5.75 Å². The van der Waals surface area contributed by atoms with Crippen LogP contribution < -0.4 is 4.74 Å². The molecular formula is C34H24Cl2N2O5. The summed E-state index contributed by atoms with van der Waals surface area (Å²) in [6, 6.07) is 26.5. The molecule has 1 saturated heterocycles. The second-order valence-electron chi connectivity index (χ2n) is 10.9. The molecule has 3 aliphatic carbocycles. The topological polar surface area (TPSA) is 84.0 Å². The lowest BCUT2D eigenvalue weighted by Gasteiger charge is -2.45. The number of benzene rings is 4. The second-order valence-corrected chi connectivity index (χ2v) is 11.7. The smallest absolute Gasteiger partial charge is 0.273 e. The lowest BCUT2D eigenvalue weighted by atomic mass is 9.55.